The Labute approximate surface area is 122 Å². The molecule has 0 saturated carbocycles. The first-order valence-electron chi connectivity index (χ1n) is 6.47. The lowest BCUT2D eigenvalue weighted by Crippen LogP contribution is -2.23. The molecule has 0 fully saturated rings. The number of aryl methyl sites for hydroxylation is 1. The summed E-state index contributed by atoms with van der Waals surface area (Å²) in [4.78, 5) is 0. The highest BCUT2D eigenvalue weighted by Crippen LogP contribution is 2.30. The molecule has 2 rings (SSSR count). The van der Waals surface area contributed by atoms with Gasteiger partial charge >= 0.3 is 0 Å². The van der Waals surface area contributed by atoms with E-state index in [2.05, 4.69) is 5.32 Å². The van der Waals surface area contributed by atoms with Crippen LogP contribution in [0.3, 0.4) is 0 Å². The number of hydrogen-bond acceptors (Lipinski definition) is 1. The molecule has 1 atom stereocenters. The molecule has 0 aliphatic rings. The van der Waals surface area contributed by atoms with Crippen molar-refractivity contribution in [3.8, 4) is 0 Å². The number of rotatable bonds is 4. The fraction of sp³-hybridized carbons (Fsp3) is 0.250. The van der Waals surface area contributed by atoms with Crippen molar-refractivity contribution in [2.45, 2.75) is 19.9 Å². The second-order valence-electron chi connectivity index (χ2n) is 4.68. The van der Waals surface area contributed by atoms with Crippen molar-refractivity contribution in [2.75, 3.05) is 6.54 Å². The van der Waals surface area contributed by atoms with Crippen molar-refractivity contribution in [2.24, 2.45) is 0 Å². The van der Waals surface area contributed by atoms with Crippen LogP contribution in [0.15, 0.2) is 36.4 Å². The lowest BCUT2D eigenvalue weighted by molar-refractivity contribution is 0.541. The highest BCUT2D eigenvalue weighted by atomic mass is 35.5. The Morgan fingerprint density at radius 1 is 1.10 bits per heavy atom. The van der Waals surface area contributed by atoms with Crippen molar-refractivity contribution < 1.29 is 8.78 Å². The first-order valence-corrected chi connectivity index (χ1v) is 6.85. The van der Waals surface area contributed by atoms with Crippen LogP contribution in [0.5, 0.6) is 0 Å². The number of nitrogens with one attached hydrogen (secondary N) is 1. The van der Waals surface area contributed by atoms with Gasteiger partial charge in [-0.15, -0.1) is 0 Å². The Kier molecular flexibility index (Phi) is 4.73. The second kappa shape index (κ2) is 6.33. The molecule has 106 valence electrons. The largest absolute Gasteiger partial charge is 0.306 e. The second-order valence-corrected chi connectivity index (χ2v) is 5.09. The Bertz CT molecular complexity index is 562. The van der Waals surface area contributed by atoms with Crippen LogP contribution in [0.4, 0.5) is 8.78 Å². The SMILES string of the molecule is CCNC(c1ccc(F)cc1F)c1ccc(C)cc1Cl. The molecular weight excluding hydrogens is 280 g/mol. The van der Waals surface area contributed by atoms with E-state index < -0.39 is 17.7 Å². The van der Waals surface area contributed by atoms with E-state index in [1.54, 1.807) is 0 Å². The van der Waals surface area contributed by atoms with Gasteiger partial charge in [-0.1, -0.05) is 36.7 Å². The lowest BCUT2D eigenvalue weighted by Gasteiger charge is -2.21. The van der Waals surface area contributed by atoms with Crippen LogP contribution in [0.1, 0.15) is 29.7 Å². The monoisotopic (exact) mass is 295 g/mol. The van der Waals surface area contributed by atoms with E-state index in [-0.39, 0.29) is 0 Å². The maximum atomic E-state index is 14.0. The summed E-state index contributed by atoms with van der Waals surface area (Å²) in [5.74, 6) is -1.16. The number of benzene rings is 2. The molecule has 0 bridgehead atoms. The zero-order valence-corrected chi connectivity index (χ0v) is 12.1. The molecule has 2 aromatic carbocycles. The summed E-state index contributed by atoms with van der Waals surface area (Å²) < 4.78 is 27.0. The van der Waals surface area contributed by atoms with Gasteiger partial charge in [-0.3, -0.25) is 0 Å². The van der Waals surface area contributed by atoms with Gasteiger partial charge in [-0.2, -0.15) is 0 Å². The van der Waals surface area contributed by atoms with Gasteiger partial charge < -0.3 is 5.32 Å². The Morgan fingerprint density at radius 2 is 1.80 bits per heavy atom. The zero-order chi connectivity index (χ0) is 14.7. The zero-order valence-electron chi connectivity index (χ0n) is 11.4. The predicted molar refractivity (Wildman–Crippen MR) is 78.1 cm³/mol. The smallest absolute Gasteiger partial charge is 0.131 e. The van der Waals surface area contributed by atoms with Crippen LogP contribution in [0, 0.1) is 18.6 Å². The molecule has 0 spiro atoms. The van der Waals surface area contributed by atoms with Crippen LogP contribution in [0.25, 0.3) is 0 Å². The van der Waals surface area contributed by atoms with E-state index in [4.69, 9.17) is 11.6 Å². The van der Waals surface area contributed by atoms with Crippen LogP contribution < -0.4 is 5.32 Å². The van der Waals surface area contributed by atoms with Gasteiger partial charge in [0.15, 0.2) is 0 Å². The average Bonchev–Trinajstić information content (AvgIpc) is 2.37. The lowest BCUT2D eigenvalue weighted by atomic mass is 9.97. The van der Waals surface area contributed by atoms with Gasteiger partial charge in [-0.05, 0) is 36.7 Å². The van der Waals surface area contributed by atoms with Crippen molar-refractivity contribution in [3.63, 3.8) is 0 Å². The standard InChI is InChI=1S/C16H16ClF2N/c1-3-20-16(12-6-4-10(2)8-14(12)17)13-7-5-11(18)9-15(13)19/h4-9,16,20H,3H2,1-2H3. The molecule has 0 radical (unpaired) electrons. The van der Waals surface area contributed by atoms with Gasteiger partial charge in [0.05, 0.1) is 6.04 Å². The summed E-state index contributed by atoms with van der Waals surface area (Å²) in [5.41, 5.74) is 2.21. The van der Waals surface area contributed by atoms with Crippen molar-refractivity contribution in [1.29, 1.82) is 0 Å². The van der Waals surface area contributed by atoms with Crippen LogP contribution in [-0.4, -0.2) is 6.54 Å². The van der Waals surface area contributed by atoms with Gasteiger partial charge in [-0.25, -0.2) is 8.78 Å². The highest BCUT2D eigenvalue weighted by Gasteiger charge is 2.19. The normalized spacial score (nSPS) is 12.4. The summed E-state index contributed by atoms with van der Waals surface area (Å²) in [5, 5.41) is 3.76. The third kappa shape index (κ3) is 3.17. The molecule has 0 saturated heterocycles. The molecule has 0 aliphatic heterocycles. The van der Waals surface area contributed by atoms with Gasteiger partial charge in [0.1, 0.15) is 11.6 Å². The first-order chi connectivity index (χ1) is 9.52. The van der Waals surface area contributed by atoms with Crippen molar-refractivity contribution in [3.05, 3.63) is 69.7 Å². The average molecular weight is 296 g/mol. The van der Waals surface area contributed by atoms with Gasteiger partial charge in [0, 0.05) is 16.7 Å². The van der Waals surface area contributed by atoms with E-state index in [1.165, 1.54) is 12.1 Å². The molecule has 0 aliphatic carbocycles. The van der Waals surface area contributed by atoms with E-state index in [0.717, 1.165) is 17.2 Å². The Balaban J connectivity index is 2.50. The van der Waals surface area contributed by atoms with Crippen molar-refractivity contribution in [1.82, 2.24) is 5.32 Å². The Hall–Kier alpha value is -1.45. The van der Waals surface area contributed by atoms with E-state index in [0.29, 0.717) is 17.1 Å². The van der Waals surface area contributed by atoms with Crippen LogP contribution >= 0.6 is 11.6 Å². The molecule has 1 nitrogen and oxygen atoms in total. The Morgan fingerprint density at radius 3 is 2.40 bits per heavy atom. The summed E-state index contributed by atoms with van der Waals surface area (Å²) in [7, 11) is 0. The molecule has 0 amide bonds. The third-order valence-electron chi connectivity index (χ3n) is 3.15. The molecule has 0 heterocycles. The number of hydrogen-bond donors (Lipinski definition) is 1. The predicted octanol–water partition coefficient (Wildman–Crippen LogP) is 4.63. The molecule has 2 aromatic rings. The summed E-state index contributed by atoms with van der Waals surface area (Å²) in [6.45, 7) is 4.51. The fourth-order valence-corrected chi connectivity index (χ4v) is 2.54. The van der Waals surface area contributed by atoms with E-state index >= 15 is 0 Å². The van der Waals surface area contributed by atoms with Crippen LogP contribution in [0.2, 0.25) is 5.02 Å². The van der Waals surface area contributed by atoms with Gasteiger partial charge in [0.25, 0.3) is 0 Å². The summed E-state index contributed by atoms with van der Waals surface area (Å²) >= 11 is 6.26. The topological polar surface area (TPSA) is 12.0 Å². The first kappa shape index (κ1) is 14.9. The quantitative estimate of drug-likeness (QED) is 0.867. The van der Waals surface area contributed by atoms with E-state index in [9.17, 15) is 8.78 Å². The molecule has 1 N–H and O–H groups in total. The number of halogens is 3. The van der Waals surface area contributed by atoms with Crippen molar-refractivity contribution >= 4 is 11.6 Å². The maximum Gasteiger partial charge on any atom is 0.131 e. The minimum absolute atomic E-state index is 0.388. The molecule has 4 heteroatoms. The van der Waals surface area contributed by atoms with Gasteiger partial charge in [0.2, 0.25) is 0 Å². The minimum Gasteiger partial charge on any atom is -0.306 e. The van der Waals surface area contributed by atoms with E-state index in [1.807, 2.05) is 32.0 Å². The third-order valence-corrected chi connectivity index (χ3v) is 3.48. The highest BCUT2D eigenvalue weighted by molar-refractivity contribution is 6.31. The van der Waals surface area contributed by atoms with Crippen LogP contribution in [-0.2, 0) is 0 Å². The molecular formula is C16H16ClF2N. The molecule has 1 unspecified atom stereocenters. The molecule has 20 heavy (non-hydrogen) atoms. The molecule has 0 aromatic heterocycles. The minimum atomic E-state index is -0.587. The fourth-order valence-electron chi connectivity index (χ4n) is 2.19. The maximum absolute atomic E-state index is 14.0. The summed E-state index contributed by atoms with van der Waals surface area (Å²) in [6, 6.07) is 8.83. The summed E-state index contributed by atoms with van der Waals surface area (Å²) in [6.07, 6.45) is 0.